The van der Waals surface area contributed by atoms with Crippen LogP contribution in [-0.2, 0) is 11.3 Å². The summed E-state index contributed by atoms with van der Waals surface area (Å²) in [5, 5.41) is 4.05. The largest absolute Gasteiger partial charge is 0.491 e. The van der Waals surface area contributed by atoms with E-state index in [2.05, 4.69) is 5.32 Å². The molecular weight excluding hydrogens is 278 g/mol. The molecule has 0 aromatic heterocycles. The summed E-state index contributed by atoms with van der Waals surface area (Å²) in [6, 6.07) is 4.59. The summed E-state index contributed by atoms with van der Waals surface area (Å²) in [5.41, 5.74) is 1.12. The highest BCUT2D eigenvalue weighted by Gasteiger charge is 2.20. The molecule has 0 radical (unpaired) electrons. The van der Waals surface area contributed by atoms with Crippen LogP contribution >= 0.6 is 11.6 Å². The van der Waals surface area contributed by atoms with Gasteiger partial charge in [0, 0.05) is 32.7 Å². The van der Waals surface area contributed by atoms with Crippen molar-refractivity contribution in [2.45, 2.75) is 31.8 Å². The quantitative estimate of drug-likeness (QED) is 0.712. The van der Waals surface area contributed by atoms with Gasteiger partial charge in [0.15, 0.2) is 11.5 Å². The number of rotatable bonds is 9. The fourth-order valence-corrected chi connectivity index (χ4v) is 2.27. The number of methoxy groups -OCH3 is 2. The zero-order valence-electron chi connectivity index (χ0n) is 12.1. The van der Waals surface area contributed by atoms with Crippen molar-refractivity contribution in [3.8, 4) is 11.5 Å². The van der Waals surface area contributed by atoms with Crippen LogP contribution in [-0.4, -0.2) is 33.5 Å². The molecule has 1 N–H and O–H groups in total. The molecule has 0 aliphatic heterocycles. The van der Waals surface area contributed by atoms with Gasteiger partial charge in [-0.3, -0.25) is 0 Å². The Labute approximate surface area is 125 Å². The van der Waals surface area contributed by atoms with Gasteiger partial charge in [-0.15, -0.1) is 0 Å². The monoisotopic (exact) mass is 299 g/mol. The van der Waals surface area contributed by atoms with Crippen molar-refractivity contribution in [1.29, 1.82) is 0 Å². The minimum atomic E-state index is 0.583. The van der Waals surface area contributed by atoms with Crippen molar-refractivity contribution in [3.05, 3.63) is 22.7 Å². The summed E-state index contributed by atoms with van der Waals surface area (Å²) in [6.07, 6.45) is 3.37. The third-order valence-corrected chi connectivity index (χ3v) is 3.48. The fourth-order valence-electron chi connectivity index (χ4n) is 1.96. The number of hydrogen-bond acceptors (Lipinski definition) is 4. The SMILES string of the molecule is COCCCOc1cc(CNC2CC2)cc(Cl)c1OC. The Hall–Kier alpha value is -0.970. The first-order valence-corrected chi connectivity index (χ1v) is 7.34. The van der Waals surface area contributed by atoms with E-state index in [0.717, 1.165) is 18.5 Å². The third kappa shape index (κ3) is 4.54. The van der Waals surface area contributed by atoms with E-state index in [4.69, 9.17) is 25.8 Å². The molecule has 112 valence electrons. The van der Waals surface area contributed by atoms with Gasteiger partial charge in [0.05, 0.1) is 18.7 Å². The van der Waals surface area contributed by atoms with Crippen LogP contribution in [0, 0.1) is 0 Å². The molecule has 2 rings (SSSR count). The smallest absolute Gasteiger partial charge is 0.179 e. The molecule has 1 aromatic rings. The van der Waals surface area contributed by atoms with Crippen LogP contribution in [0.4, 0.5) is 0 Å². The van der Waals surface area contributed by atoms with Crippen molar-refractivity contribution in [2.24, 2.45) is 0 Å². The van der Waals surface area contributed by atoms with E-state index >= 15 is 0 Å². The second-order valence-electron chi connectivity index (χ2n) is 4.96. The molecule has 1 aliphatic carbocycles. The molecule has 5 heteroatoms. The predicted molar refractivity (Wildman–Crippen MR) is 79.9 cm³/mol. The van der Waals surface area contributed by atoms with E-state index in [1.165, 1.54) is 12.8 Å². The summed E-state index contributed by atoms with van der Waals surface area (Å²) in [6.45, 7) is 2.07. The Bertz CT molecular complexity index is 435. The summed E-state index contributed by atoms with van der Waals surface area (Å²) in [4.78, 5) is 0. The van der Waals surface area contributed by atoms with Crippen LogP contribution in [0.3, 0.4) is 0 Å². The van der Waals surface area contributed by atoms with Crippen molar-refractivity contribution < 1.29 is 14.2 Å². The summed E-state index contributed by atoms with van der Waals surface area (Å²) >= 11 is 6.25. The lowest BCUT2D eigenvalue weighted by molar-refractivity contribution is 0.170. The maximum Gasteiger partial charge on any atom is 0.179 e. The number of benzene rings is 1. The van der Waals surface area contributed by atoms with E-state index in [9.17, 15) is 0 Å². The van der Waals surface area contributed by atoms with Crippen molar-refractivity contribution in [2.75, 3.05) is 27.4 Å². The topological polar surface area (TPSA) is 39.7 Å². The molecule has 20 heavy (non-hydrogen) atoms. The van der Waals surface area contributed by atoms with Crippen LogP contribution in [0.15, 0.2) is 12.1 Å². The van der Waals surface area contributed by atoms with Crippen LogP contribution in [0.2, 0.25) is 5.02 Å². The maximum absolute atomic E-state index is 6.25. The Morgan fingerprint density at radius 3 is 2.70 bits per heavy atom. The highest BCUT2D eigenvalue weighted by atomic mass is 35.5. The van der Waals surface area contributed by atoms with Gasteiger partial charge in [-0.1, -0.05) is 11.6 Å². The average molecular weight is 300 g/mol. The molecule has 0 unspecified atom stereocenters. The molecule has 0 bridgehead atoms. The zero-order valence-corrected chi connectivity index (χ0v) is 12.8. The van der Waals surface area contributed by atoms with Crippen molar-refractivity contribution in [1.82, 2.24) is 5.32 Å². The third-order valence-electron chi connectivity index (χ3n) is 3.20. The molecular formula is C15H22ClNO3. The zero-order chi connectivity index (χ0) is 14.4. The van der Waals surface area contributed by atoms with Crippen LogP contribution in [0.5, 0.6) is 11.5 Å². The number of hydrogen-bond donors (Lipinski definition) is 1. The number of ether oxygens (including phenoxy) is 3. The van der Waals surface area contributed by atoms with Gasteiger partial charge in [0.1, 0.15) is 0 Å². The highest BCUT2D eigenvalue weighted by Crippen LogP contribution is 2.36. The van der Waals surface area contributed by atoms with Gasteiger partial charge in [-0.25, -0.2) is 0 Å². The molecule has 0 heterocycles. The van der Waals surface area contributed by atoms with E-state index in [-0.39, 0.29) is 0 Å². The van der Waals surface area contributed by atoms with Gasteiger partial charge in [0.2, 0.25) is 0 Å². The minimum Gasteiger partial charge on any atom is -0.491 e. The van der Waals surface area contributed by atoms with E-state index in [1.54, 1.807) is 14.2 Å². The van der Waals surface area contributed by atoms with E-state index in [1.807, 2.05) is 12.1 Å². The lowest BCUT2D eigenvalue weighted by Gasteiger charge is -2.14. The first-order chi connectivity index (χ1) is 9.74. The summed E-state index contributed by atoms with van der Waals surface area (Å²) in [7, 11) is 3.28. The van der Waals surface area contributed by atoms with Gasteiger partial charge in [-0.05, 0) is 30.5 Å². The first-order valence-electron chi connectivity index (χ1n) is 6.96. The van der Waals surface area contributed by atoms with Gasteiger partial charge >= 0.3 is 0 Å². The Morgan fingerprint density at radius 1 is 1.25 bits per heavy atom. The summed E-state index contributed by atoms with van der Waals surface area (Å²) in [5.74, 6) is 1.29. The second-order valence-corrected chi connectivity index (χ2v) is 5.37. The molecule has 0 amide bonds. The molecule has 0 atom stereocenters. The normalized spacial score (nSPS) is 14.3. The lowest BCUT2D eigenvalue weighted by Crippen LogP contribution is -2.15. The minimum absolute atomic E-state index is 0.583. The lowest BCUT2D eigenvalue weighted by atomic mass is 10.2. The maximum atomic E-state index is 6.25. The van der Waals surface area contributed by atoms with Crippen molar-refractivity contribution >= 4 is 11.6 Å². The van der Waals surface area contributed by atoms with Crippen LogP contribution in [0.25, 0.3) is 0 Å². The van der Waals surface area contributed by atoms with Gasteiger partial charge in [-0.2, -0.15) is 0 Å². The Kier molecular flexibility index (Phi) is 5.95. The molecule has 0 saturated heterocycles. The average Bonchev–Trinajstić information content (AvgIpc) is 3.25. The molecule has 1 fully saturated rings. The first kappa shape index (κ1) is 15.4. The number of nitrogens with one attached hydrogen (secondary N) is 1. The predicted octanol–water partition coefficient (Wildman–Crippen LogP) is 3.02. The van der Waals surface area contributed by atoms with Gasteiger partial charge in [0.25, 0.3) is 0 Å². The van der Waals surface area contributed by atoms with Crippen LogP contribution in [0.1, 0.15) is 24.8 Å². The van der Waals surface area contributed by atoms with Gasteiger partial charge < -0.3 is 19.5 Å². The van der Waals surface area contributed by atoms with E-state index < -0.39 is 0 Å². The summed E-state index contributed by atoms with van der Waals surface area (Å²) < 4.78 is 16.1. The Balaban J connectivity index is 2.00. The standard InChI is InChI=1S/C15H22ClNO3/c1-18-6-3-7-20-14-9-11(10-17-12-4-5-12)8-13(16)15(14)19-2/h8-9,12,17H,3-7,10H2,1-2H3. The molecule has 0 spiro atoms. The molecule has 1 saturated carbocycles. The van der Waals surface area contributed by atoms with E-state index in [0.29, 0.717) is 35.8 Å². The fraction of sp³-hybridized carbons (Fsp3) is 0.600. The molecule has 4 nitrogen and oxygen atoms in total. The van der Waals surface area contributed by atoms with Crippen LogP contribution < -0.4 is 14.8 Å². The number of halogens is 1. The highest BCUT2D eigenvalue weighted by molar-refractivity contribution is 6.32. The second kappa shape index (κ2) is 7.72. The Morgan fingerprint density at radius 2 is 2.05 bits per heavy atom. The molecule has 1 aromatic carbocycles. The molecule has 1 aliphatic rings. The van der Waals surface area contributed by atoms with Crippen molar-refractivity contribution in [3.63, 3.8) is 0 Å².